The summed E-state index contributed by atoms with van der Waals surface area (Å²) in [6.45, 7) is 10.6. The lowest BCUT2D eigenvalue weighted by molar-refractivity contribution is 1.40. The first-order valence-electron chi connectivity index (χ1n) is 16.0. The van der Waals surface area contributed by atoms with Crippen molar-refractivity contribution in [2.24, 2.45) is 9.98 Å². The summed E-state index contributed by atoms with van der Waals surface area (Å²) < 4.78 is 0. The van der Waals surface area contributed by atoms with Crippen molar-refractivity contribution in [1.29, 1.82) is 0 Å². The van der Waals surface area contributed by atoms with E-state index in [1.807, 2.05) is 6.21 Å². The lowest BCUT2D eigenvalue weighted by Gasteiger charge is -2.14. The van der Waals surface area contributed by atoms with Gasteiger partial charge in [-0.15, -0.1) is 0 Å². The van der Waals surface area contributed by atoms with Gasteiger partial charge in [-0.25, -0.2) is 0 Å². The van der Waals surface area contributed by atoms with Crippen molar-refractivity contribution in [3.05, 3.63) is 156 Å². The van der Waals surface area contributed by atoms with Crippen molar-refractivity contribution in [2.75, 3.05) is 0 Å². The van der Waals surface area contributed by atoms with E-state index in [1.165, 1.54) is 44.5 Å². The average Bonchev–Trinajstić information content (AvgIpc) is 3.05. The Hall–Kier alpha value is -5.34. The van der Waals surface area contributed by atoms with Gasteiger partial charge in [0.25, 0.3) is 0 Å². The Morgan fingerprint density at radius 2 is 0.783 bits per heavy atom. The molecule has 226 valence electrons. The minimum atomic E-state index is 0.630. The molecule has 2 nitrogen and oxygen atoms in total. The monoisotopic (exact) mass is 596 g/mol. The molecule has 0 heterocycles. The van der Waals surface area contributed by atoms with Gasteiger partial charge in [-0.1, -0.05) is 156 Å². The molecule has 0 aliphatic rings. The van der Waals surface area contributed by atoms with Crippen molar-refractivity contribution in [3.8, 4) is 44.5 Å². The van der Waals surface area contributed by atoms with Crippen molar-refractivity contribution in [3.63, 3.8) is 0 Å². The van der Waals surface area contributed by atoms with E-state index < -0.39 is 0 Å². The summed E-state index contributed by atoms with van der Waals surface area (Å²) in [7, 11) is 0. The first-order chi connectivity index (χ1) is 22.4. The zero-order valence-corrected chi connectivity index (χ0v) is 27.4. The molecule has 0 aliphatic carbocycles. The highest BCUT2D eigenvalue weighted by Gasteiger charge is 2.14. The van der Waals surface area contributed by atoms with Crippen LogP contribution < -0.4 is 0 Å². The van der Waals surface area contributed by atoms with Gasteiger partial charge >= 0.3 is 0 Å². The molecule has 0 aromatic heterocycles. The van der Waals surface area contributed by atoms with Crippen LogP contribution >= 0.6 is 0 Å². The fourth-order valence-corrected chi connectivity index (χ4v) is 6.03. The second-order valence-corrected chi connectivity index (χ2v) is 12.2. The largest absolute Gasteiger partial charge is 0.260 e. The smallest absolute Gasteiger partial charge is 0.0785 e. The van der Waals surface area contributed by atoms with Gasteiger partial charge in [0, 0.05) is 40.6 Å². The molecule has 0 saturated heterocycles. The topological polar surface area (TPSA) is 24.7 Å². The molecular formula is C44H40N2. The van der Waals surface area contributed by atoms with Gasteiger partial charge in [0.1, 0.15) is 0 Å². The molecular weight excluding hydrogens is 556 g/mol. The van der Waals surface area contributed by atoms with Crippen LogP contribution in [0.1, 0.15) is 35.6 Å². The maximum atomic E-state index is 5.31. The van der Waals surface area contributed by atoms with Crippen LogP contribution in [0.25, 0.3) is 44.5 Å². The third-order valence-corrected chi connectivity index (χ3v) is 8.30. The number of nitrogens with zero attached hydrogens (tertiary/aromatic N) is 2. The molecule has 2 heteroatoms. The van der Waals surface area contributed by atoms with Gasteiger partial charge in [0.05, 0.1) is 11.4 Å². The molecule has 0 saturated carbocycles. The Bertz CT molecular complexity index is 1950. The summed E-state index contributed by atoms with van der Waals surface area (Å²) in [5.41, 5.74) is 17.1. The number of hydrogen-bond acceptors (Lipinski definition) is 2. The molecule has 0 unspecified atom stereocenters. The average molecular weight is 597 g/mol. The van der Waals surface area contributed by atoms with Crippen LogP contribution in [0, 0.1) is 27.7 Å². The third-order valence-electron chi connectivity index (χ3n) is 8.30. The Kier molecular flexibility index (Phi) is 9.17. The molecule has 0 fully saturated rings. The van der Waals surface area contributed by atoms with Crippen LogP contribution in [0.5, 0.6) is 0 Å². The second-order valence-electron chi connectivity index (χ2n) is 12.2. The predicted octanol–water partition coefficient (Wildman–Crippen LogP) is 12.5. The van der Waals surface area contributed by atoms with Crippen LogP contribution in [-0.4, -0.2) is 11.9 Å². The van der Waals surface area contributed by atoms with E-state index in [-0.39, 0.29) is 0 Å². The van der Waals surface area contributed by atoms with Crippen LogP contribution in [-0.2, 0) is 0 Å². The zero-order chi connectivity index (χ0) is 32.0. The Morgan fingerprint density at radius 1 is 0.457 bits per heavy atom. The number of aliphatic imine (C=N–C) groups is 2. The lowest BCUT2D eigenvalue weighted by Crippen LogP contribution is -1.94. The van der Waals surface area contributed by atoms with E-state index in [1.54, 1.807) is 0 Å². The van der Waals surface area contributed by atoms with Gasteiger partial charge < -0.3 is 0 Å². The predicted molar refractivity (Wildman–Crippen MR) is 199 cm³/mol. The highest BCUT2D eigenvalue weighted by molar-refractivity contribution is 6.00. The number of hydrogen-bond donors (Lipinski definition) is 0. The van der Waals surface area contributed by atoms with Gasteiger partial charge in [-0.2, -0.15) is 0 Å². The van der Waals surface area contributed by atoms with Gasteiger partial charge in [0.15, 0.2) is 0 Å². The number of rotatable bonds is 8. The summed E-state index contributed by atoms with van der Waals surface area (Å²) in [5.74, 6) is 0. The van der Waals surface area contributed by atoms with Crippen LogP contribution in [0.3, 0.4) is 0 Å². The van der Waals surface area contributed by atoms with Gasteiger partial charge in [0.2, 0.25) is 0 Å². The normalized spacial score (nSPS) is 11.7. The number of aryl methyl sites for hydroxylation is 4. The molecule has 0 atom stereocenters. The number of benzene rings is 6. The molecule has 6 aromatic rings. The van der Waals surface area contributed by atoms with Crippen molar-refractivity contribution >= 4 is 23.3 Å². The van der Waals surface area contributed by atoms with E-state index in [0.717, 1.165) is 39.3 Å². The summed E-state index contributed by atoms with van der Waals surface area (Å²) in [6.07, 6.45) is 2.65. The molecule has 0 aliphatic heterocycles. The molecule has 0 N–H and O–H groups in total. The Morgan fingerprint density at radius 3 is 1.13 bits per heavy atom. The van der Waals surface area contributed by atoms with E-state index >= 15 is 0 Å². The van der Waals surface area contributed by atoms with E-state index in [2.05, 4.69) is 168 Å². The van der Waals surface area contributed by atoms with E-state index in [4.69, 9.17) is 9.98 Å². The standard InChI is InChI=1S/C44H40N2/c1-30-12-6-16-35(26-30)39-20-10-21-40(36-17-7-13-31(2)27-36)43(39)45-25-24-34(5)46-44-41(37-18-8-14-32(3)28-37)22-11-23-42(44)38-19-9-15-33(4)29-38/h6-23,25-29H,24H2,1-5H3. The minimum Gasteiger partial charge on any atom is -0.260 e. The molecule has 0 bridgehead atoms. The molecule has 46 heavy (non-hydrogen) atoms. The fourth-order valence-electron chi connectivity index (χ4n) is 6.03. The van der Waals surface area contributed by atoms with Gasteiger partial charge in [-0.3, -0.25) is 9.98 Å². The van der Waals surface area contributed by atoms with Crippen LogP contribution in [0.15, 0.2) is 143 Å². The second kappa shape index (κ2) is 13.7. The third kappa shape index (κ3) is 6.98. The van der Waals surface area contributed by atoms with Crippen molar-refractivity contribution in [2.45, 2.75) is 41.0 Å². The minimum absolute atomic E-state index is 0.630. The van der Waals surface area contributed by atoms with Crippen molar-refractivity contribution < 1.29 is 0 Å². The SMILES string of the molecule is CC(CC=Nc1c(-c2cccc(C)c2)cccc1-c1cccc(C)c1)=Nc1c(-c2cccc(C)c2)cccc1-c1cccc(C)c1. The summed E-state index contributed by atoms with van der Waals surface area (Å²) >= 11 is 0. The lowest BCUT2D eigenvalue weighted by atomic mass is 9.94. The van der Waals surface area contributed by atoms with Gasteiger partial charge in [-0.05, 0) is 56.9 Å². The molecule has 0 amide bonds. The quantitative estimate of drug-likeness (QED) is 0.156. The zero-order valence-electron chi connectivity index (χ0n) is 27.4. The van der Waals surface area contributed by atoms with Crippen LogP contribution in [0.4, 0.5) is 11.4 Å². The van der Waals surface area contributed by atoms with Crippen LogP contribution in [0.2, 0.25) is 0 Å². The Labute approximate surface area is 273 Å². The van der Waals surface area contributed by atoms with E-state index in [9.17, 15) is 0 Å². The highest BCUT2D eigenvalue weighted by Crippen LogP contribution is 2.41. The Balaban J connectivity index is 1.42. The number of para-hydroxylation sites is 2. The highest BCUT2D eigenvalue weighted by atomic mass is 14.8. The van der Waals surface area contributed by atoms with Crippen molar-refractivity contribution in [1.82, 2.24) is 0 Å². The first-order valence-corrected chi connectivity index (χ1v) is 16.0. The summed E-state index contributed by atoms with van der Waals surface area (Å²) in [4.78, 5) is 10.5. The maximum Gasteiger partial charge on any atom is 0.0785 e. The molecule has 0 spiro atoms. The van der Waals surface area contributed by atoms with E-state index in [0.29, 0.717) is 6.42 Å². The molecule has 6 aromatic carbocycles. The molecule has 6 rings (SSSR count). The summed E-state index contributed by atoms with van der Waals surface area (Å²) in [6, 6.07) is 47.6. The summed E-state index contributed by atoms with van der Waals surface area (Å²) in [5, 5.41) is 0. The maximum absolute atomic E-state index is 5.31. The molecule has 0 radical (unpaired) electrons. The fraction of sp³-hybridized carbons (Fsp3) is 0.136. The first kappa shape index (κ1) is 30.7.